The Labute approximate surface area is 472 Å². The molecule has 1 amide bonds. The fourth-order valence-electron chi connectivity index (χ4n) is 9.70. The summed E-state index contributed by atoms with van der Waals surface area (Å²) in [5.74, 6) is -0.497. The molecule has 0 aliphatic rings. The van der Waals surface area contributed by atoms with Crippen molar-refractivity contribution in [2.45, 2.75) is 335 Å². The van der Waals surface area contributed by atoms with E-state index in [4.69, 9.17) is 13.8 Å². The molecule has 0 bridgehead atoms. The number of unbranched alkanes of at least 4 members (excludes halogenated alkanes) is 40. The van der Waals surface area contributed by atoms with Crippen molar-refractivity contribution in [1.29, 1.82) is 0 Å². The summed E-state index contributed by atoms with van der Waals surface area (Å²) in [7, 11) is 1.50. The third kappa shape index (κ3) is 56.9. The minimum atomic E-state index is -4.45. The molecule has 0 radical (unpaired) electrons. The third-order valence-electron chi connectivity index (χ3n) is 14.8. The zero-order chi connectivity index (χ0) is 55.7. The number of likely N-dealkylation sites (N-methyl/N-ethyl adjacent to an activating group) is 1. The van der Waals surface area contributed by atoms with Crippen molar-refractivity contribution < 1.29 is 37.3 Å². The van der Waals surface area contributed by atoms with Gasteiger partial charge in [-0.05, 0) is 83.1 Å². The summed E-state index contributed by atoms with van der Waals surface area (Å²) in [5, 5.41) is 3.06. The van der Waals surface area contributed by atoms with E-state index in [0.29, 0.717) is 23.9 Å². The standard InChI is InChI=1S/C66H127N2O7P/c1-7-10-13-16-19-22-25-28-30-31-32-33-34-35-36-37-39-41-44-47-50-53-56-59-66(70)75-64(57-54-51-48-45-42-27-24-21-18-15-12-9-3)63(62-74-76(71,72)73-61-60-68(4,5)6)67-65(69)58-55-52-49-46-43-40-38-29-26-23-20-17-14-11-8-2/h23,26,28,30,54,57,63-64H,7-22,24-25,27,29,31-53,55-56,58-62H2,1-6H3,(H-,67,69,71,72)/p+1/b26-23-,30-28+,57-54-. The number of nitrogens with zero attached hydrogens (tertiary/aromatic N) is 1. The summed E-state index contributed by atoms with van der Waals surface area (Å²) in [4.78, 5) is 37.7. The molecule has 10 heteroatoms. The lowest BCUT2D eigenvalue weighted by Gasteiger charge is -2.27. The number of hydrogen-bond acceptors (Lipinski definition) is 6. The lowest BCUT2D eigenvalue weighted by atomic mass is 10.0. The molecule has 0 fully saturated rings. The molecule has 0 aliphatic carbocycles. The molecule has 0 saturated heterocycles. The second kappa shape index (κ2) is 56.5. The second-order valence-electron chi connectivity index (χ2n) is 23.6. The molecule has 448 valence electrons. The molecule has 0 aromatic rings. The quantitative estimate of drug-likeness (QED) is 0.0205. The maximum Gasteiger partial charge on any atom is 0.472 e. The molecule has 0 rings (SSSR count). The van der Waals surface area contributed by atoms with Gasteiger partial charge < -0.3 is 19.4 Å². The smallest absolute Gasteiger partial charge is 0.456 e. The van der Waals surface area contributed by atoms with Gasteiger partial charge in [0.05, 0.1) is 33.8 Å². The fraction of sp³-hybridized carbons (Fsp3) is 0.879. The summed E-state index contributed by atoms with van der Waals surface area (Å²) in [6, 6.07) is -0.847. The van der Waals surface area contributed by atoms with Gasteiger partial charge in [-0.1, -0.05) is 263 Å². The van der Waals surface area contributed by atoms with Crippen LogP contribution in [-0.4, -0.2) is 74.3 Å². The molecule has 0 aromatic heterocycles. The van der Waals surface area contributed by atoms with Crippen LogP contribution in [0.3, 0.4) is 0 Å². The number of carbonyl (C=O) groups is 2. The van der Waals surface area contributed by atoms with Crippen LogP contribution in [0.5, 0.6) is 0 Å². The maximum atomic E-state index is 13.5. The molecule has 9 nitrogen and oxygen atoms in total. The van der Waals surface area contributed by atoms with Gasteiger partial charge in [-0.15, -0.1) is 0 Å². The Morgan fingerprint density at radius 1 is 0.447 bits per heavy atom. The van der Waals surface area contributed by atoms with Gasteiger partial charge in [-0.2, -0.15) is 0 Å². The molecular weight excluding hydrogens is 964 g/mol. The van der Waals surface area contributed by atoms with Crippen LogP contribution < -0.4 is 5.32 Å². The van der Waals surface area contributed by atoms with Crippen molar-refractivity contribution in [3.63, 3.8) is 0 Å². The predicted molar refractivity (Wildman–Crippen MR) is 328 cm³/mol. The number of amides is 1. The summed E-state index contributed by atoms with van der Waals surface area (Å²) in [6.45, 7) is 7.03. The van der Waals surface area contributed by atoms with Gasteiger partial charge >= 0.3 is 13.8 Å². The molecule has 0 heterocycles. The fourth-order valence-corrected chi connectivity index (χ4v) is 10.4. The lowest BCUT2D eigenvalue weighted by Crippen LogP contribution is -2.47. The van der Waals surface area contributed by atoms with Crippen molar-refractivity contribution in [3.05, 3.63) is 36.5 Å². The first-order valence-electron chi connectivity index (χ1n) is 32.8. The zero-order valence-corrected chi connectivity index (χ0v) is 52.2. The van der Waals surface area contributed by atoms with Crippen LogP contribution in [0.4, 0.5) is 0 Å². The van der Waals surface area contributed by atoms with Crippen molar-refractivity contribution >= 4 is 19.7 Å². The van der Waals surface area contributed by atoms with Crippen LogP contribution in [0.15, 0.2) is 36.5 Å². The first kappa shape index (κ1) is 74.2. The first-order chi connectivity index (χ1) is 36.9. The molecule has 76 heavy (non-hydrogen) atoms. The molecule has 0 spiro atoms. The summed E-state index contributed by atoms with van der Waals surface area (Å²) in [6.07, 6.45) is 68.6. The van der Waals surface area contributed by atoms with E-state index in [1.807, 2.05) is 33.3 Å². The largest absolute Gasteiger partial charge is 0.472 e. The van der Waals surface area contributed by atoms with Gasteiger partial charge in [-0.3, -0.25) is 18.6 Å². The van der Waals surface area contributed by atoms with Gasteiger partial charge in [0.15, 0.2) is 0 Å². The number of allylic oxidation sites excluding steroid dienone is 5. The number of phosphoric ester groups is 1. The molecular formula is C66H128N2O7P+. The summed E-state index contributed by atoms with van der Waals surface area (Å²) < 4.78 is 30.7. The Bertz CT molecular complexity index is 1400. The molecule has 0 aliphatic heterocycles. The van der Waals surface area contributed by atoms with Gasteiger partial charge in [0.1, 0.15) is 19.3 Å². The number of nitrogens with one attached hydrogen (secondary N) is 1. The normalized spacial score (nSPS) is 13.8. The number of esters is 1. The third-order valence-corrected chi connectivity index (χ3v) is 15.8. The van der Waals surface area contributed by atoms with Crippen LogP contribution in [0.25, 0.3) is 0 Å². The van der Waals surface area contributed by atoms with Crippen molar-refractivity contribution in [2.75, 3.05) is 40.9 Å². The topological polar surface area (TPSA) is 111 Å². The van der Waals surface area contributed by atoms with Crippen LogP contribution in [0.2, 0.25) is 0 Å². The number of phosphoric acid groups is 1. The molecule has 3 atom stereocenters. The van der Waals surface area contributed by atoms with E-state index in [0.717, 1.165) is 64.2 Å². The van der Waals surface area contributed by atoms with Crippen molar-refractivity contribution in [1.82, 2.24) is 5.32 Å². The predicted octanol–water partition coefficient (Wildman–Crippen LogP) is 20.3. The van der Waals surface area contributed by atoms with E-state index >= 15 is 0 Å². The molecule has 3 unspecified atom stereocenters. The van der Waals surface area contributed by atoms with Gasteiger partial charge in [0, 0.05) is 12.8 Å². The monoisotopic (exact) mass is 1090 g/mol. The highest BCUT2D eigenvalue weighted by molar-refractivity contribution is 7.47. The number of ether oxygens (including phenoxy) is 1. The first-order valence-corrected chi connectivity index (χ1v) is 34.3. The van der Waals surface area contributed by atoms with E-state index in [2.05, 4.69) is 50.4 Å². The zero-order valence-electron chi connectivity index (χ0n) is 51.3. The number of hydrogen-bond donors (Lipinski definition) is 2. The van der Waals surface area contributed by atoms with E-state index in [1.165, 1.54) is 225 Å². The highest BCUT2D eigenvalue weighted by Crippen LogP contribution is 2.43. The number of rotatable bonds is 60. The van der Waals surface area contributed by atoms with Crippen molar-refractivity contribution in [3.8, 4) is 0 Å². The van der Waals surface area contributed by atoms with Crippen LogP contribution in [-0.2, 0) is 27.9 Å². The van der Waals surface area contributed by atoms with E-state index < -0.39 is 20.0 Å². The highest BCUT2D eigenvalue weighted by Gasteiger charge is 2.30. The van der Waals surface area contributed by atoms with E-state index in [-0.39, 0.29) is 25.1 Å². The minimum absolute atomic E-state index is 0.0414. The average molecular weight is 1090 g/mol. The summed E-state index contributed by atoms with van der Waals surface area (Å²) in [5.41, 5.74) is 0. The van der Waals surface area contributed by atoms with E-state index in [1.54, 1.807) is 0 Å². The Morgan fingerprint density at radius 3 is 1.13 bits per heavy atom. The summed E-state index contributed by atoms with van der Waals surface area (Å²) >= 11 is 0. The average Bonchev–Trinajstić information content (AvgIpc) is 3.38. The Morgan fingerprint density at radius 2 is 0.763 bits per heavy atom. The Balaban J connectivity index is 5.12. The SMILES string of the molecule is CCCCCC/C=C\CCCCCCCCCC(=O)NC(COP(=O)(O)OCC[N+](C)(C)C)C(/C=C\CCCCCCCCCCCC)OC(=O)CCCCCCCCCCCCCCC/C=C/CCCCCCCC. The second-order valence-corrected chi connectivity index (χ2v) is 25.1. The molecule has 0 aromatic carbocycles. The molecule has 0 saturated carbocycles. The number of carbonyl (C=O) groups excluding carboxylic acids is 2. The van der Waals surface area contributed by atoms with Crippen LogP contribution in [0.1, 0.15) is 323 Å². The lowest BCUT2D eigenvalue weighted by molar-refractivity contribution is -0.870. The van der Waals surface area contributed by atoms with Gasteiger partial charge in [0.25, 0.3) is 0 Å². The van der Waals surface area contributed by atoms with Crippen LogP contribution >= 0.6 is 7.82 Å². The van der Waals surface area contributed by atoms with E-state index in [9.17, 15) is 19.0 Å². The van der Waals surface area contributed by atoms with Gasteiger partial charge in [0.2, 0.25) is 5.91 Å². The molecule has 2 N–H and O–H groups in total. The Hall–Kier alpha value is -1.77. The van der Waals surface area contributed by atoms with Gasteiger partial charge in [-0.25, -0.2) is 4.57 Å². The highest BCUT2D eigenvalue weighted by atomic mass is 31.2. The van der Waals surface area contributed by atoms with Crippen LogP contribution in [0, 0.1) is 0 Å². The van der Waals surface area contributed by atoms with Crippen molar-refractivity contribution in [2.24, 2.45) is 0 Å². The number of quaternary nitrogens is 1. The Kier molecular flexibility index (Phi) is 55.2. The minimum Gasteiger partial charge on any atom is -0.456 e. The maximum absolute atomic E-state index is 13.5.